The van der Waals surface area contributed by atoms with Crippen LogP contribution in [0.5, 0.6) is 0 Å². The third-order valence-corrected chi connectivity index (χ3v) is 4.11. The van der Waals surface area contributed by atoms with E-state index in [0.717, 1.165) is 17.3 Å². The first kappa shape index (κ1) is 14.1. The van der Waals surface area contributed by atoms with Gasteiger partial charge in [0.05, 0.1) is 0 Å². The van der Waals surface area contributed by atoms with Gasteiger partial charge in [-0.1, -0.05) is 19.8 Å². The minimum absolute atomic E-state index is 0.306. The van der Waals surface area contributed by atoms with E-state index < -0.39 is 11.5 Å². The summed E-state index contributed by atoms with van der Waals surface area (Å²) in [5.74, 6) is -1.01. The molecule has 1 amide bonds. The van der Waals surface area contributed by atoms with Gasteiger partial charge < -0.3 is 15.4 Å². The van der Waals surface area contributed by atoms with Crippen molar-refractivity contribution in [2.75, 3.05) is 0 Å². The summed E-state index contributed by atoms with van der Waals surface area (Å²) < 4.78 is 0.763. The SMILES string of the molecule is CC1CCCC(NC(=O)c2cc(Br)c[nH]2)(C(=O)O)C1. The van der Waals surface area contributed by atoms with Crippen molar-refractivity contribution in [1.29, 1.82) is 0 Å². The fraction of sp³-hybridized carbons (Fsp3) is 0.538. The molecule has 2 rings (SSSR count). The molecule has 6 heteroatoms. The van der Waals surface area contributed by atoms with Crippen LogP contribution in [0, 0.1) is 5.92 Å². The van der Waals surface area contributed by atoms with Crippen molar-refractivity contribution in [2.45, 2.75) is 38.1 Å². The third kappa shape index (κ3) is 3.00. The molecule has 1 fully saturated rings. The molecule has 0 saturated heterocycles. The number of halogens is 1. The summed E-state index contributed by atoms with van der Waals surface area (Å²) in [6.07, 6.45) is 4.45. The summed E-state index contributed by atoms with van der Waals surface area (Å²) in [5.41, 5.74) is -0.766. The molecule has 1 aromatic rings. The molecular formula is C13H17BrN2O3. The van der Waals surface area contributed by atoms with Crippen LogP contribution in [0.15, 0.2) is 16.7 Å². The van der Waals surface area contributed by atoms with E-state index in [9.17, 15) is 14.7 Å². The summed E-state index contributed by atoms with van der Waals surface area (Å²) >= 11 is 3.25. The van der Waals surface area contributed by atoms with E-state index >= 15 is 0 Å². The van der Waals surface area contributed by atoms with Gasteiger partial charge in [0.25, 0.3) is 5.91 Å². The number of nitrogens with one attached hydrogen (secondary N) is 2. The lowest BCUT2D eigenvalue weighted by Gasteiger charge is -2.36. The number of carboxylic acid groups (broad SMARTS) is 1. The molecule has 3 N–H and O–H groups in total. The van der Waals surface area contributed by atoms with Crippen molar-refractivity contribution in [1.82, 2.24) is 10.3 Å². The Morgan fingerprint density at radius 3 is 2.84 bits per heavy atom. The highest BCUT2D eigenvalue weighted by Crippen LogP contribution is 2.32. The smallest absolute Gasteiger partial charge is 0.329 e. The van der Waals surface area contributed by atoms with Crippen molar-refractivity contribution >= 4 is 27.8 Å². The molecular weight excluding hydrogens is 312 g/mol. The van der Waals surface area contributed by atoms with E-state index in [1.807, 2.05) is 6.92 Å². The van der Waals surface area contributed by atoms with E-state index in [-0.39, 0.29) is 5.91 Å². The number of rotatable bonds is 3. The summed E-state index contributed by atoms with van der Waals surface area (Å²) in [4.78, 5) is 26.5. The van der Waals surface area contributed by atoms with Gasteiger partial charge in [-0.25, -0.2) is 4.79 Å². The molecule has 0 spiro atoms. The maximum atomic E-state index is 12.1. The predicted octanol–water partition coefficient (Wildman–Crippen LogP) is 2.54. The van der Waals surface area contributed by atoms with Crippen LogP contribution >= 0.6 is 15.9 Å². The van der Waals surface area contributed by atoms with Crippen LogP contribution in [-0.2, 0) is 4.79 Å². The second kappa shape index (κ2) is 5.36. The van der Waals surface area contributed by atoms with Crippen molar-refractivity contribution in [2.24, 2.45) is 5.92 Å². The Morgan fingerprint density at radius 2 is 2.32 bits per heavy atom. The monoisotopic (exact) mass is 328 g/mol. The number of aliphatic carboxylic acids is 1. The molecule has 2 unspecified atom stereocenters. The first-order valence-corrected chi connectivity index (χ1v) is 7.12. The average molecular weight is 329 g/mol. The minimum Gasteiger partial charge on any atom is -0.480 e. The molecule has 1 aliphatic rings. The Morgan fingerprint density at radius 1 is 1.58 bits per heavy atom. The number of aromatic nitrogens is 1. The molecule has 2 atom stereocenters. The largest absolute Gasteiger partial charge is 0.480 e. The van der Waals surface area contributed by atoms with Crippen molar-refractivity contribution in [3.05, 3.63) is 22.4 Å². The van der Waals surface area contributed by atoms with Crippen LogP contribution in [-0.4, -0.2) is 27.5 Å². The van der Waals surface area contributed by atoms with Gasteiger partial charge in [-0.3, -0.25) is 4.79 Å². The highest BCUT2D eigenvalue weighted by Gasteiger charge is 2.43. The van der Waals surface area contributed by atoms with Gasteiger partial charge in [-0.05, 0) is 40.8 Å². The van der Waals surface area contributed by atoms with Gasteiger partial charge in [0.15, 0.2) is 0 Å². The fourth-order valence-electron chi connectivity index (χ4n) is 2.70. The highest BCUT2D eigenvalue weighted by atomic mass is 79.9. The van der Waals surface area contributed by atoms with E-state index in [4.69, 9.17) is 0 Å². The molecule has 0 bridgehead atoms. The second-order valence-electron chi connectivity index (χ2n) is 5.27. The van der Waals surface area contributed by atoms with Gasteiger partial charge >= 0.3 is 5.97 Å². The van der Waals surface area contributed by atoms with Gasteiger partial charge in [0.1, 0.15) is 11.2 Å². The zero-order valence-corrected chi connectivity index (χ0v) is 12.3. The number of aromatic amines is 1. The van der Waals surface area contributed by atoms with Crippen molar-refractivity contribution < 1.29 is 14.7 Å². The highest BCUT2D eigenvalue weighted by molar-refractivity contribution is 9.10. The molecule has 1 heterocycles. The van der Waals surface area contributed by atoms with Gasteiger partial charge in [-0.2, -0.15) is 0 Å². The number of H-pyrrole nitrogens is 1. The molecule has 104 valence electrons. The Kier molecular flexibility index (Phi) is 3.99. The summed E-state index contributed by atoms with van der Waals surface area (Å²) in [7, 11) is 0. The Balaban J connectivity index is 2.17. The number of hydrogen-bond donors (Lipinski definition) is 3. The van der Waals surface area contributed by atoms with Crippen LogP contribution in [0.4, 0.5) is 0 Å². The zero-order valence-electron chi connectivity index (χ0n) is 10.7. The van der Waals surface area contributed by atoms with E-state index in [0.29, 0.717) is 24.5 Å². The number of carboxylic acids is 1. The maximum Gasteiger partial charge on any atom is 0.329 e. The lowest BCUT2D eigenvalue weighted by molar-refractivity contribution is -0.146. The standard InChI is InChI=1S/C13H17BrN2O3/c1-8-3-2-4-13(6-8,12(18)19)16-11(17)10-5-9(14)7-15-10/h5,7-8,15H,2-4,6H2,1H3,(H,16,17)(H,18,19). The van der Waals surface area contributed by atoms with Crippen LogP contribution in [0.3, 0.4) is 0 Å². The average Bonchev–Trinajstić information content (AvgIpc) is 2.75. The van der Waals surface area contributed by atoms with E-state index in [1.54, 1.807) is 12.3 Å². The van der Waals surface area contributed by atoms with Crippen molar-refractivity contribution in [3.8, 4) is 0 Å². The van der Waals surface area contributed by atoms with Gasteiger partial charge in [0.2, 0.25) is 0 Å². The Bertz CT molecular complexity index is 500. The lowest BCUT2D eigenvalue weighted by atomic mass is 9.76. The second-order valence-corrected chi connectivity index (χ2v) is 6.19. The van der Waals surface area contributed by atoms with Crippen LogP contribution in [0.25, 0.3) is 0 Å². The van der Waals surface area contributed by atoms with E-state index in [2.05, 4.69) is 26.2 Å². The van der Waals surface area contributed by atoms with Crippen LogP contribution < -0.4 is 5.32 Å². The Hall–Kier alpha value is -1.30. The molecule has 1 aliphatic carbocycles. The zero-order chi connectivity index (χ0) is 14.0. The topological polar surface area (TPSA) is 82.2 Å². The summed E-state index contributed by atoms with van der Waals surface area (Å²) in [6, 6.07) is 1.64. The molecule has 1 saturated carbocycles. The number of carbonyl (C=O) groups excluding carboxylic acids is 1. The minimum atomic E-state index is -1.13. The predicted molar refractivity (Wildman–Crippen MR) is 74.0 cm³/mol. The van der Waals surface area contributed by atoms with Crippen LogP contribution in [0.1, 0.15) is 43.1 Å². The fourth-order valence-corrected chi connectivity index (χ4v) is 3.04. The van der Waals surface area contributed by atoms with E-state index in [1.165, 1.54) is 0 Å². The first-order valence-electron chi connectivity index (χ1n) is 6.33. The first-order chi connectivity index (χ1) is 8.93. The number of hydrogen-bond acceptors (Lipinski definition) is 2. The van der Waals surface area contributed by atoms with Gasteiger partial charge in [0, 0.05) is 10.7 Å². The number of carbonyl (C=O) groups is 2. The summed E-state index contributed by atoms with van der Waals surface area (Å²) in [6.45, 7) is 2.02. The summed E-state index contributed by atoms with van der Waals surface area (Å²) in [5, 5.41) is 12.2. The molecule has 0 aliphatic heterocycles. The van der Waals surface area contributed by atoms with Crippen molar-refractivity contribution in [3.63, 3.8) is 0 Å². The molecule has 5 nitrogen and oxygen atoms in total. The molecule has 0 aromatic carbocycles. The lowest BCUT2D eigenvalue weighted by Crippen LogP contribution is -2.56. The third-order valence-electron chi connectivity index (χ3n) is 3.65. The molecule has 19 heavy (non-hydrogen) atoms. The van der Waals surface area contributed by atoms with Gasteiger partial charge in [-0.15, -0.1) is 0 Å². The van der Waals surface area contributed by atoms with Crippen LogP contribution in [0.2, 0.25) is 0 Å². The Labute approximate surface area is 119 Å². The maximum absolute atomic E-state index is 12.1. The molecule has 0 radical (unpaired) electrons. The quantitative estimate of drug-likeness (QED) is 0.797. The molecule has 1 aromatic heterocycles. The normalized spacial score (nSPS) is 26.9. The number of amides is 1.